The van der Waals surface area contributed by atoms with Gasteiger partial charge in [-0.2, -0.15) is 0 Å². The van der Waals surface area contributed by atoms with Gasteiger partial charge in [0, 0.05) is 7.11 Å². The molecule has 6 heavy (non-hydrogen) atoms. The van der Waals surface area contributed by atoms with Crippen molar-refractivity contribution < 1.29 is 31.6 Å². The zero-order valence-corrected chi connectivity index (χ0v) is 5.33. The number of hydrogen-bond acceptors (Lipinski definition) is 2. The van der Waals surface area contributed by atoms with Gasteiger partial charge in [0.15, 0.2) is 0 Å². The standard InChI is InChI=1S/C3H8O2.Ti/c1-5-3-2-4;/h4H,2-3H2,1H3;/q;+2. The molecule has 1 N–H and O–H groups in total. The first kappa shape index (κ1) is 9.81. The molecule has 0 radical (unpaired) electrons. The second kappa shape index (κ2) is 9.16. The molecule has 34 valence electrons. The molecule has 0 amide bonds. The summed E-state index contributed by atoms with van der Waals surface area (Å²) < 4.78 is 4.44. The van der Waals surface area contributed by atoms with Crippen molar-refractivity contribution >= 4 is 0 Å². The first-order chi connectivity index (χ1) is 2.41. The van der Waals surface area contributed by atoms with Crippen LogP contribution in [0.25, 0.3) is 0 Å². The molecule has 0 aromatic rings. The van der Waals surface area contributed by atoms with Crippen LogP contribution in [0, 0.1) is 0 Å². The van der Waals surface area contributed by atoms with Gasteiger partial charge in [-0.1, -0.05) is 0 Å². The van der Waals surface area contributed by atoms with E-state index in [4.69, 9.17) is 5.11 Å². The molecule has 0 aromatic carbocycles. The van der Waals surface area contributed by atoms with Gasteiger partial charge in [-0.15, -0.1) is 0 Å². The van der Waals surface area contributed by atoms with Crippen molar-refractivity contribution in [3.05, 3.63) is 0 Å². The van der Waals surface area contributed by atoms with Crippen LogP contribution < -0.4 is 0 Å². The summed E-state index contributed by atoms with van der Waals surface area (Å²) in [7, 11) is 1.55. The Morgan fingerprint density at radius 1 is 1.67 bits per heavy atom. The summed E-state index contributed by atoms with van der Waals surface area (Å²) in [6.07, 6.45) is 0. The molecule has 0 unspecified atom stereocenters. The molecule has 2 nitrogen and oxygen atoms in total. The Morgan fingerprint density at radius 3 is 2.17 bits per heavy atom. The van der Waals surface area contributed by atoms with E-state index in [1.165, 1.54) is 0 Å². The molecule has 0 rings (SSSR count). The number of aliphatic hydroxyl groups excluding tert-OH is 1. The van der Waals surface area contributed by atoms with E-state index in [-0.39, 0.29) is 28.3 Å². The fourth-order valence-corrected chi connectivity index (χ4v) is 0.0913. The molecule has 0 saturated heterocycles. The third-order valence-corrected chi connectivity index (χ3v) is 0.295. The number of hydrogen-bond donors (Lipinski definition) is 1. The largest absolute Gasteiger partial charge is 2.00 e. The summed E-state index contributed by atoms with van der Waals surface area (Å²) >= 11 is 0. The molecule has 0 fully saturated rings. The first-order valence-electron chi connectivity index (χ1n) is 1.51. The van der Waals surface area contributed by atoms with Crippen LogP contribution >= 0.6 is 0 Å². The van der Waals surface area contributed by atoms with E-state index >= 15 is 0 Å². The maximum absolute atomic E-state index is 7.94. The van der Waals surface area contributed by atoms with Crippen molar-refractivity contribution in [2.24, 2.45) is 0 Å². The van der Waals surface area contributed by atoms with Crippen LogP contribution in [0.4, 0.5) is 0 Å². The van der Waals surface area contributed by atoms with Crippen LogP contribution in [-0.4, -0.2) is 25.4 Å². The predicted molar refractivity (Wildman–Crippen MR) is 19.0 cm³/mol. The fourth-order valence-electron chi connectivity index (χ4n) is 0.0913. The molecule has 0 bridgehead atoms. The minimum atomic E-state index is 0. The van der Waals surface area contributed by atoms with E-state index in [1.807, 2.05) is 0 Å². The van der Waals surface area contributed by atoms with Gasteiger partial charge in [0.25, 0.3) is 0 Å². The fraction of sp³-hybridized carbons (Fsp3) is 1.00. The third kappa shape index (κ3) is 8.82. The topological polar surface area (TPSA) is 29.5 Å². The van der Waals surface area contributed by atoms with E-state index in [0.717, 1.165) is 0 Å². The van der Waals surface area contributed by atoms with Gasteiger partial charge in [-0.25, -0.2) is 0 Å². The molecule has 0 saturated carbocycles. The Morgan fingerprint density at radius 2 is 2.17 bits per heavy atom. The molecule has 0 aliphatic heterocycles. The van der Waals surface area contributed by atoms with Crippen LogP contribution in [0.15, 0.2) is 0 Å². The van der Waals surface area contributed by atoms with Gasteiger partial charge in [0.1, 0.15) is 0 Å². The second-order valence-electron chi connectivity index (χ2n) is 0.716. The quantitative estimate of drug-likeness (QED) is 0.508. The number of ether oxygens (including phenoxy) is 1. The zero-order chi connectivity index (χ0) is 4.12. The van der Waals surface area contributed by atoms with Gasteiger partial charge < -0.3 is 9.84 Å². The Balaban J connectivity index is 0. The minimum Gasteiger partial charge on any atom is -0.394 e. The van der Waals surface area contributed by atoms with Crippen molar-refractivity contribution in [1.29, 1.82) is 0 Å². The SMILES string of the molecule is COCCO.[Ti+2]. The Hall–Kier alpha value is 0.634. The Kier molecular flexibility index (Phi) is 15.0. The van der Waals surface area contributed by atoms with E-state index in [2.05, 4.69) is 4.74 Å². The van der Waals surface area contributed by atoms with Crippen LogP contribution in [0.3, 0.4) is 0 Å². The van der Waals surface area contributed by atoms with E-state index in [9.17, 15) is 0 Å². The normalized spacial score (nSPS) is 7.00. The second-order valence-corrected chi connectivity index (χ2v) is 0.716. The summed E-state index contributed by atoms with van der Waals surface area (Å²) in [6.45, 7) is 0.566. The van der Waals surface area contributed by atoms with Crippen LogP contribution in [0.2, 0.25) is 0 Å². The van der Waals surface area contributed by atoms with Gasteiger partial charge in [-0.3, -0.25) is 0 Å². The molecule has 0 heterocycles. The molecular formula is C3H8O2Ti+2. The zero-order valence-electron chi connectivity index (χ0n) is 3.77. The average Bonchev–Trinajstić information content (AvgIpc) is 1.41. The van der Waals surface area contributed by atoms with Crippen LogP contribution in [-0.2, 0) is 26.5 Å². The predicted octanol–water partition coefficient (Wildman–Crippen LogP) is -0.377. The molecule has 0 aliphatic carbocycles. The first-order valence-corrected chi connectivity index (χ1v) is 1.51. The summed E-state index contributed by atoms with van der Waals surface area (Å²) in [4.78, 5) is 0. The van der Waals surface area contributed by atoms with E-state index in [0.29, 0.717) is 6.61 Å². The number of methoxy groups -OCH3 is 1. The van der Waals surface area contributed by atoms with Gasteiger partial charge in [0.05, 0.1) is 13.2 Å². The minimum absolute atomic E-state index is 0. The van der Waals surface area contributed by atoms with Gasteiger partial charge in [0.2, 0.25) is 0 Å². The van der Waals surface area contributed by atoms with Crippen molar-refractivity contribution in [1.82, 2.24) is 0 Å². The summed E-state index contributed by atoms with van der Waals surface area (Å²) in [6, 6.07) is 0. The molecule has 3 heteroatoms. The van der Waals surface area contributed by atoms with E-state index in [1.54, 1.807) is 7.11 Å². The van der Waals surface area contributed by atoms with Gasteiger partial charge >= 0.3 is 21.7 Å². The van der Waals surface area contributed by atoms with Crippen molar-refractivity contribution in [3.8, 4) is 0 Å². The molecule has 0 aromatic heterocycles. The Bertz CT molecular complexity index is 16.3. The summed E-state index contributed by atoms with van der Waals surface area (Å²) in [5.74, 6) is 0. The monoisotopic (exact) mass is 124 g/mol. The molecule has 0 spiro atoms. The average molecular weight is 124 g/mol. The molecule has 0 atom stereocenters. The summed E-state index contributed by atoms with van der Waals surface area (Å²) in [5, 5.41) is 7.94. The van der Waals surface area contributed by atoms with Crippen LogP contribution in [0.1, 0.15) is 0 Å². The smallest absolute Gasteiger partial charge is 0.394 e. The number of rotatable bonds is 2. The third-order valence-electron chi connectivity index (χ3n) is 0.295. The molecule has 0 aliphatic rings. The van der Waals surface area contributed by atoms with Crippen molar-refractivity contribution in [2.75, 3.05) is 20.3 Å². The van der Waals surface area contributed by atoms with Gasteiger partial charge in [-0.05, 0) is 0 Å². The number of aliphatic hydroxyl groups is 1. The van der Waals surface area contributed by atoms with Crippen LogP contribution in [0.5, 0.6) is 0 Å². The van der Waals surface area contributed by atoms with E-state index < -0.39 is 0 Å². The van der Waals surface area contributed by atoms with Crippen molar-refractivity contribution in [3.63, 3.8) is 0 Å². The maximum atomic E-state index is 7.94. The summed E-state index contributed by atoms with van der Waals surface area (Å²) in [5.41, 5.74) is 0. The van der Waals surface area contributed by atoms with Crippen molar-refractivity contribution in [2.45, 2.75) is 0 Å². The maximum Gasteiger partial charge on any atom is 2.00 e. The molecular weight excluding hydrogens is 116 g/mol. The Labute approximate surface area is 52.4 Å².